The molecule has 1 atom stereocenters. The molecule has 0 aliphatic rings. The van der Waals surface area contributed by atoms with E-state index < -0.39 is 0 Å². The zero-order chi connectivity index (χ0) is 14.5. The zero-order valence-corrected chi connectivity index (χ0v) is 12.7. The molecule has 1 aromatic carbocycles. The van der Waals surface area contributed by atoms with Gasteiger partial charge in [0, 0.05) is 20.3 Å². The molecule has 106 valence electrons. The van der Waals surface area contributed by atoms with Gasteiger partial charge in [-0.3, -0.25) is 4.98 Å². The fraction of sp³-hybridized carbons (Fsp3) is 0.353. The van der Waals surface area contributed by atoms with Crippen LogP contribution in [0.25, 0.3) is 0 Å². The van der Waals surface area contributed by atoms with Crippen molar-refractivity contribution in [3.63, 3.8) is 0 Å². The summed E-state index contributed by atoms with van der Waals surface area (Å²) in [7, 11) is 4.10. The smallest absolute Gasteiger partial charge is 0.0769 e. The highest BCUT2D eigenvalue weighted by Crippen LogP contribution is 2.28. The molecule has 0 saturated heterocycles. The van der Waals surface area contributed by atoms with Crippen LogP contribution in [0.15, 0.2) is 42.7 Å². The molecule has 0 aliphatic carbocycles. The average Bonchev–Trinajstić information content (AvgIpc) is 2.46. The fourth-order valence-corrected chi connectivity index (χ4v) is 2.30. The quantitative estimate of drug-likeness (QED) is 0.888. The Morgan fingerprint density at radius 2 is 1.85 bits per heavy atom. The van der Waals surface area contributed by atoms with Crippen LogP contribution in [0.5, 0.6) is 0 Å². The van der Waals surface area contributed by atoms with Gasteiger partial charge in [-0.05, 0) is 25.0 Å². The van der Waals surface area contributed by atoms with Crippen LogP contribution in [0.2, 0.25) is 0 Å². The summed E-state index contributed by atoms with van der Waals surface area (Å²) in [4.78, 5) is 6.34. The van der Waals surface area contributed by atoms with Crippen LogP contribution in [0, 0.1) is 6.92 Å². The molecule has 0 radical (unpaired) electrons. The van der Waals surface area contributed by atoms with E-state index in [2.05, 4.69) is 53.3 Å². The largest absolute Gasteiger partial charge is 0.376 e. The zero-order valence-electron chi connectivity index (χ0n) is 12.7. The number of aryl methyl sites for hydroxylation is 1. The van der Waals surface area contributed by atoms with E-state index in [1.165, 1.54) is 11.1 Å². The van der Waals surface area contributed by atoms with Gasteiger partial charge in [0.1, 0.15) is 0 Å². The molecule has 1 unspecified atom stereocenters. The number of nitrogens with zero attached hydrogens (tertiary/aromatic N) is 2. The van der Waals surface area contributed by atoms with E-state index in [-0.39, 0.29) is 0 Å². The molecule has 20 heavy (non-hydrogen) atoms. The molecule has 1 N–H and O–H groups in total. The van der Waals surface area contributed by atoms with Crippen molar-refractivity contribution in [1.29, 1.82) is 0 Å². The van der Waals surface area contributed by atoms with Crippen molar-refractivity contribution >= 4 is 11.4 Å². The number of hydrogen-bond donors (Lipinski definition) is 1. The van der Waals surface area contributed by atoms with Crippen LogP contribution in [-0.4, -0.2) is 19.1 Å². The first-order valence-electron chi connectivity index (χ1n) is 7.06. The number of hydrogen-bond acceptors (Lipinski definition) is 3. The number of benzene rings is 1. The minimum Gasteiger partial charge on any atom is -0.376 e. The molecule has 1 heterocycles. The molecule has 0 spiro atoms. The Morgan fingerprint density at radius 1 is 1.15 bits per heavy atom. The predicted molar refractivity (Wildman–Crippen MR) is 86.4 cm³/mol. The van der Waals surface area contributed by atoms with Crippen molar-refractivity contribution < 1.29 is 0 Å². The van der Waals surface area contributed by atoms with Gasteiger partial charge in [0.15, 0.2) is 0 Å². The number of aromatic nitrogens is 1. The van der Waals surface area contributed by atoms with E-state index in [0.29, 0.717) is 6.04 Å². The van der Waals surface area contributed by atoms with E-state index >= 15 is 0 Å². The molecule has 0 amide bonds. The highest BCUT2D eigenvalue weighted by atomic mass is 15.1. The third kappa shape index (κ3) is 3.29. The highest BCUT2D eigenvalue weighted by molar-refractivity contribution is 5.68. The molecule has 1 aromatic heterocycles. The van der Waals surface area contributed by atoms with Gasteiger partial charge in [-0.2, -0.15) is 0 Å². The van der Waals surface area contributed by atoms with Crippen LogP contribution < -0.4 is 10.2 Å². The SMILES string of the molecule is CCC(Nc1cnccc1N(C)C)c1ccc(C)cc1. The number of nitrogens with one attached hydrogen (secondary N) is 1. The summed E-state index contributed by atoms with van der Waals surface area (Å²) in [5.74, 6) is 0. The maximum Gasteiger partial charge on any atom is 0.0769 e. The van der Waals surface area contributed by atoms with Gasteiger partial charge < -0.3 is 10.2 Å². The van der Waals surface area contributed by atoms with Gasteiger partial charge in [0.25, 0.3) is 0 Å². The normalized spacial score (nSPS) is 12.0. The topological polar surface area (TPSA) is 28.2 Å². The van der Waals surface area contributed by atoms with Crippen LogP contribution in [-0.2, 0) is 0 Å². The second-order valence-corrected chi connectivity index (χ2v) is 5.30. The third-order valence-electron chi connectivity index (χ3n) is 3.50. The lowest BCUT2D eigenvalue weighted by atomic mass is 10.0. The lowest BCUT2D eigenvalue weighted by molar-refractivity contribution is 0.748. The van der Waals surface area contributed by atoms with E-state index in [0.717, 1.165) is 17.8 Å². The Labute approximate surface area is 121 Å². The third-order valence-corrected chi connectivity index (χ3v) is 3.50. The maximum atomic E-state index is 4.23. The Kier molecular flexibility index (Phi) is 4.61. The molecule has 0 saturated carbocycles. The minimum absolute atomic E-state index is 0.304. The van der Waals surface area contributed by atoms with Crippen molar-refractivity contribution in [3.05, 3.63) is 53.9 Å². The molecule has 2 rings (SSSR count). The first kappa shape index (κ1) is 14.4. The second-order valence-electron chi connectivity index (χ2n) is 5.30. The van der Waals surface area contributed by atoms with Crippen LogP contribution >= 0.6 is 0 Å². The van der Waals surface area contributed by atoms with E-state index in [4.69, 9.17) is 0 Å². The Bertz CT molecular complexity index is 546. The second kappa shape index (κ2) is 6.42. The number of pyridine rings is 1. The molecular weight excluding hydrogens is 246 g/mol. The van der Waals surface area contributed by atoms with Crippen LogP contribution in [0.4, 0.5) is 11.4 Å². The molecule has 3 heteroatoms. The average molecular weight is 269 g/mol. The summed E-state index contributed by atoms with van der Waals surface area (Å²) >= 11 is 0. The van der Waals surface area contributed by atoms with E-state index in [1.54, 1.807) is 0 Å². The van der Waals surface area contributed by atoms with Crippen LogP contribution in [0.3, 0.4) is 0 Å². The van der Waals surface area contributed by atoms with Crippen molar-refractivity contribution in [2.24, 2.45) is 0 Å². The summed E-state index contributed by atoms with van der Waals surface area (Å²) in [6, 6.07) is 11.1. The Balaban J connectivity index is 2.24. The summed E-state index contributed by atoms with van der Waals surface area (Å²) < 4.78 is 0. The first-order valence-corrected chi connectivity index (χ1v) is 7.06. The summed E-state index contributed by atoms with van der Waals surface area (Å²) in [6.45, 7) is 4.31. The monoisotopic (exact) mass is 269 g/mol. The molecule has 2 aromatic rings. The molecule has 0 aliphatic heterocycles. The molecular formula is C17H23N3. The van der Waals surface area contributed by atoms with Gasteiger partial charge in [0.05, 0.1) is 23.6 Å². The van der Waals surface area contributed by atoms with E-state index in [9.17, 15) is 0 Å². The maximum absolute atomic E-state index is 4.23. The van der Waals surface area contributed by atoms with Gasteiger partial charge >= 0.3 is 0 Å². The van der Waals surface area contributed by atoms with E-state index in [1.807, 2.05) is 32.6 Å². The lowest BCUT2D eigenvalue weighted by Crippen LogP contribution is -2.15. The minimum atomic E-state index is 0.304. The molecule has 0 bridgehead atoms. The van der Waals surface area contributed by atoms with Crippen molar-refractivity contribution in [1.82, 2.24) is 4.98 Å². The van der Waals surface area contributed by atoms with Crippen LogP contribution in [0.1, 0.15) is 30.5 Å². The number of rotatable bonds is 5. The number of anilines is 2. The summed E-state index contributed by atoms with van der Waals surface area (Å²) in [5.41, 5.74) is 4.83. The van der Waals surface area contributed by atoms with Gasteiger partial charge in [-0.1, -0.05) is 36.8 Å². The summed E-state index contributed by atoms with van der Waals surface area (Å²) in [5, 5.41) is 3.61. The first-order chi connectivity index (χ1) is 9.61. The Morgan fingerprint density at radius 3 is 2.45 bits per heavy atom. The van der Waals surface area contributed by atoms with Gasteiger partial charge in [0.2, 0.25) is 0 Å². The summed E-state index contributed by atoms with van der Waals surface area (Å²) in [6.07, 6.45) is 4.75. The fourth-order valence-electron chi connectivity index (χ4n) is 2.30. The molecule has 3 nitrogen and oxygen atoms in total. The van der Waals surface area contributed by atoms with Gasteiger partial charge in [-0.15, -0.1) is 0 Å². The van der Waals surface area contributed by atoms with Crippen molar-refractivity contribution in [2.75, 3.05) is 24.3 Å². The van der Waals surface area contributed by atoms with Gasteiger partial charge in [-0.25, -0.2) is 0 Å². The lowest BCUT2D eigenvalue weighted by Gasteiger charge is -2.23. The molecule has 0 fully saturated rings. The predicted octanol–water partition coefficient (Wildman–Crippen LogP) is 4.02. The van der Waals surface area contributed by atoms with Crippen molar-refractivity contribution in [3.8, 4) is 0 Å². The van der Waals surface area contributed by atoms with Crippen molar-refractivity contribution in [2.45, 2.75) is 26.3 Å². The standard InChI is InChI=1S/C17H23N3/c1-5-15(14-8-6-13(2)7-9-14)19-16-12-18-11-10-17(16)20(3)4/h6-12,15,19H,5H2,1-4H3. The highest BCUT2D eigenvalue weighted by Gasteiger charge is 2.12. The Hall–Kier alpha value is -2.03.